The van der Waals surface area contributed by atoms with E-state index in [9.17, 15) is 4.79 Å². The van der Waals surface area contributed by atoms with Gasteiger partial charge in [0, 0.05) is 4.47 Å². The number of carbonyl (C=O) groups is 1. The second kappa shape index (κ2) is 3.49. The maximum Gasteiger partial charge on any atom is 0.307 e. The van der Waals surface area contributed by atoms with Gasteiger partial charge in [-0.1, -0.05) is 15.9 Å². The second-order valence-electron chi connectivity index (χ2n) is 2.87. The summed E-state index contributed by atoms with van der Waals surface area (Å²) in [5.74, 6) is 0.375. The normalized spacial score (nSPS) is 12.9. The zero-order valence-corrected chi connectivity index (χ0v) is 8.70. The first-order chi connectivity index (χ1) is 6.66. The zero-order valence-electron chi connectivity index (χ0n) is 7.12. The van der Waals surface area contributed by atoms with Gasteiger partial charge in [0.25, 0.3) is 0 Å². The summed E-state index contributed by atoms with van der Waals surface area (Å²) in [6.45, 7) is 0.193. The van der Waals surface area contributed by atoms with Gasteiger partial charge in [-0.15, -0.1) is 0 Å². The van der Waals surface area contributed by atoms with E-state index < -0.39 is 5.97 Å². The van der Waals surface area contributed by atoms with E-state index >= 15 is 0 Å². The summed E-state index contributed by atoms with van der Waals surface area (Å²) in [5.41, 5.74) is 0.682. The number of aliphatic carboxylic acids is 1. The third-order valence-corrected chi connectivity index (χ3v) is 2.62. The summed E-state index contributed by atoms with van der Waals surface area (Å²) in [5, 5.41) is 8.65. The molecule has 4 nitrogen and oxygen atoms in total. The first-order valence-corrected chi connectivity index (χ1v) is 4.76. The number of benzene rings is 1. The van der Waals surface area contributed by atoms with Crippen molar-refractivity contribution in [3.8, 4) is 11.5 Å². The minimum atomic E-state index is -0.871. The lowest BCUT2D eigenvalue weighted by molar-refractivity contribution is -0.136. The first kappa shape index (κ1) is 9.33. The van der Waals surface area contributed by atoms with Crippen molar-refractivity contribution < 1.29 is 19.4 Å². The van der Waals surface area contributed by atoms with Crippen molar-refractivity contribution in [3.05, 3.63) is 22.2 Å². The van der Waals surface area contributed by atoms with Crippen LogP contribution in [0.1, 0.15) is 5.56 Å². The molecule has 0 fully saturated rings. The molecule has 1 N–H and O–H groups in total. The van der Waals surface area contributed by atoms with Crippen LogP contribution in [0.4, 0.5) is 0 Å². The molecule has 2 rings (SSSR count). The van der Waals surface area contributed by atoms with E-state index in [4.69, 9.17) is 14.6 Å². The largest absolute Gasteiger partial charge is 0.481 e. The van der Waals surface area contributed by atoms with Crippen LogP contribution >= 0.6 is 15.9 Å². The van der Waals surface area contributed by atoms with E-state index in [1.807, 2.05) is 0 Å². The molecule has 0 aliphatic carbocycles. The Kier molecular flexibility index (Phi) is 2.33. The zero-order chi connectivity index (χ0) is 10.1. The minimum absolute atomic E-state index is 0.0305. The van der Waals surface area contributed by atoms with E-state index in [2.05, 4.69) is 15.9 Å². The standard InChI is InChI=1S/C9H7BrO4/c10-6-3-8-7(13-4-14-8)1-5(6)2-9(11)12/h1,3H,2,4H2,(H,11,12). The quantitative estimate of drug-likeness (QED) is 0.879. The van der Waals surface area contributed by atoms with Crippen molar-refractivity contribution in [3.63, 3.8) is 0 Å². The van der Waals surface area contributed by atoms with Crippen LogP contribution in [0.3, 0.4) is 0 Å². The van der Waals surface area contributed by atoms with Crippen molar-refractivity contribution in [2.24, 2.45) is 0 Å². The third-order valence-electron chi connectivity index (χ3n) is 1.88. The van der Waals surface area contributed by atoms with Crippen LogP contribution in [0.15, 0.2) is 16.6 Å². The van der Waals surface area contributed by atoms with Gasteiger partial charge in [0.2, 0.25) is 6.79 Å². The molecular formula is C9H7BrO4. The van der Waals surface area contributed by atoms with Gasteiger partial charge in [-0.3, -0.25) is 4.79 Å². The highest BCUT2D eigenvalue weighted by Crippen LogP contribution is 2.36. The van der Waals surface area contributed by atoms with Crippen molar-refractivity contribution in [1.82, 2.24) is 0 Å². The topological polar surface area (TPSA) is 55.8 Å². The molecule has 0 spiro atoms. The predicted molar refractivity (Wildman–Crippen MR) is 51.6 cm³/mol. The monoisotopic (exact) mass is 258 g/mol. The van der Waals surface area contributed by atoms with Crippen molar-refractivity contribution in [2.75, 3.05) is 6.79 Å². The van der Waals surface area contributed by atoms with Crippen molar-refractivity contribution >= 4 is 21.9 Å². The molecule has 0 bridgehead atoms. The molecule has 0 atom stereocenters. The van der Waals surface area contributed by atoms with Gasteiger partial charge in [0.1, 0.15) is 0 Å². The van der Waals surface area contributed by atoms with Crippen LogP contribution in [-0.4, -0.2) is 17.9 Å². The number of carboxylic acid groups (broad SMARTS) is 1. The number of carboxylic acids is 1. The third kappa shape index (κ3) is 1.68. The van der Waals surface area contributed by atoms with Gasteiger partial charge in [-0.2, -0.15) is 0 Å². The highest BCUT2D eigenvalue weighted by atomic mass is 79.9. The average Bonchev–Trinajstić information content (AvgIpc) is 2.51. The van der Waals surface area contributed by atoms with Gasteiger partial charge >= 0.3 is 5.97 Å². The summed E-state index contributed by atoms with van der Waals surface area (Å²) >= 11 is 3.28. The number of halogens is 1. The summed E-state index contributed by atoms with van der Waals surface area (Å²) in [4.78, 5) is 10.5. The first-order valence-electron chi connectivity index (χ1n) is 3.96. The number of fused-ring (bicyclic) bond motifs is 1. The Morgan fingerprint density at radius 2 is 2.07 bits per heavy atom. The molecule has 0 amide bonds. The summed E-state index contributed by atoms with van der Waals surface area (Å²) in [7, 11) is 0. The fraction of sp³-hybridized carbons (Fsp3) is 0.222. The molecule has 0 saturated heterocycles. The maximum absolute atomic E-state index is 10.5. The molecule has 1 aliphatic rings. The van der Waals surface area contributed by atoms with Gasteiger partial charge < -0.3 is 14.6 Å². The lowest BCUT2D eigenvalue weighted by Gasteiger charge is -2.03. The van der Waals surface area contributed by atoms with E-state index in [-0.39, 0.29) is 13.2 Å². The second-order valence-corrected chi connectivity index (χ2v) is 3.72. The van der Waals surface area contributed by atoms with E-state index in [0.29, 0.717) is 17.1 Å². The van der Waals surface area contributed by atoms with Crippen LogP contribution in [0.2, 0.25) is 0 Å². The molecule has 1 aliphatic heterocycles. The Bertz CT molecular complexity index is 389. The Morgan fingerprint density at radius 3 is 2.71 bits per heavy atom. The molecular weight excluding hydrogens is 252 g/mol. The SMILES string of the molecule is O=C(O)Cc1cc2c(cc1Br)OCO2. The lowest BCUT2D eigenvalue weighted by Crippen LogP contribution is -2.00. The number of hydrogen-bond acceptors (Lipinski definition) is 3. The van der Waals surface area contributed by atoms with Crippen molar-refractivity contribution in [2.45, 2.75) is 6.42 Å². The fourth-order valence-corrected chi connectivity index (χ4v) is 1.72. The van der Waals surface area contributed by atoms with Crippen LogP contribution in [0.25, 0.3) is 0 Å². The number of ether oxygens (including phenoxy) is 2. The molecule has 0 radical (unpaired) electrons. The Hall–Kier alpha value is -1.23. The molecule has 0 saturated carbocycles. The Balaban J connectivity index is 2.37. The Morgan fingerprint density at radius 1 is 1.43 bits per heavy atom. The van der Waals surface area contributed by atoms with E-state index in [1.54, 1.807) is 12.1 Å². The molecule has 74 valence electrons. The molecule has 0 aromatic heterocycles. The minimum Gasteiger partial charge on any atom is -0.481 e. The average molecular weight is 259 g/mol. The predicted octanol–water partition coefficient (Wildman–Crippen LogP) is 1.80. The lowest BCUT2D eigenvalue weighted by atomic mass is 10.1. The molecule has 1 aromatic carbocycles. The highest BCUT2D eigenvalue weighted by molar-refractivity contribution is 9.10. The molecule has 14 heavy (non-hydrogen) atoms. The number of hydrogen-bond donors (Lipinski definition) is 1. The highest BCUT2D eigenvalue weighted by Gasteiger charge is 2.17. The summed E-state index contributed by atoms with van der Waals surface area (Å²) in [6.07, 6.45) is -0.0305. The molecule has 5 heteroatoms. The van der Waals surface area contributed by atoms with Crippen LogP contribution in [0.5, 0.6) is 11.5 Å². The van der Waals surface area contributed by atoms with E-state index in [1.165, 1.54) is 0 Å². The molecule has 1 heterocycles. The summed E-state index contributed by atoms with van der Waals surface area (Å²) in [6, 6.07) is 3.40. The van der Waals surface area contributed by atoms with Crippen LogP contribution < -0.4 is 9.47 Å². The smallest absolute Gasteiger partial charge is 0.307 e. The molecule has 0 unspecified atom stereocenters. The fourth-order valence-electron chi connectivity index (χ4n) is 1.26. The number of rotatable bonds is 2. The molecule has 1 aromatic rings. The van der Waals surface area contributed by atoms with Crippen LogP contribution in [0, 0.1) is 0 Å². The van der Waals surface area contributed by atoms with Gasteiger partial charge in [0.15, 0.2) is 11.5 Å². The van der Waals surface area contributed by atoms with E-state index in [0.717, 1.165) is 4.47 Å². The van der Waals surface area contributed by atoms with Gasteiger partial charge in [-0.05, 0) is 17.7 Å². The van der Waals surface area contributed by atoms with Crippen molar-refractivity contribution in [1.29, 1.82) is 0 Å². The Labute approximate surface area is 88.6 Å². The van der Waals surface area contributed by atoms with Gasteiger partial charge in [-0.25, -0.2) is 0 Å². The maximum atomic E-state index is 10.5. The summed E-state index contributed by atoms with van der Waals surface area (Å²) < 4.78 is 11.0. The van der Waals surface area contributed by atoms with Crippen LogP contribution in [-0.2, 0) is 11.2 Å². The van der Waals surface area contributed by atoms with Gasteiger partial charge in [0.05, 0.1) is 6.42 Å².